The summed E-state index contributed by atoms with van der Waals surface area (Å²) in [5.41, 5.74) is 2.03. The number of ether oxygens (including phenoxy) is 3. The zero-order valence-electron chi connectivity index (χ0n) is 26.2. The van der Waals surface area contributed by atoms with Crippen molar-refractivity contribution in [2.75, 3.05) is 37.1 Å². The van der Waals surface area contributed by atoms with Crippen LogP contribution in [0.1, 0.15) is 30.4 Å². The topological polar surface area (TPSA) is 130 Å². The van der Waals surface area contributed by atoms with Gasteiger partial charge in [-0.15, -0.1) is 0 Å². The third-order valence-electron chi connectivity index (χ3n) is 9.41. The summed E-state index contributed by atoms with van der Waals surface area (Å²) in [6, 6.07) is 21.8. The molecule has 2 fully saturated rings. The summed E-state index contributed by atoms with van der Waals surface area (Å²) in [6.45, 7) is 1.28. The van der Waals surface area contributed by atoms with Gasteiger partial charge < -0.3 is 23.7 Å². The highest BCUT2D eigenvalue weighted by molar-refractivity contribution is 5.97. The van der Waals surface area contributed by atoms with Crippen LogP contribution in [-0.4, -0.2) is 71.9 Å². The number of methoxy groups -OCH3 is 1. The van der Waals surface area contributed by atoms with Crippen molar-refractivity contribution in [3.05, 3.63) is 88.2 Å². The summed E-state index contributed by atoms with van der Waals surface area (Å²) >= 11 is 0. The van der Waals surface area contributed by atoms with Crippen molar-refractivity contribution in [2.45, 2.75) is 50.5 Å². The molecule has 1 saturated heterocycles. The van der Waals surface area contributed by atoms with E-state index in [1.807, 2.05) is 37.4 Å². The van der Waals surface area contributed by atoms with Crippen LogP contribution >= 0.6 is 0 Å². The Labute approximate surface area is 271 Å². The number of anilines is 2. The number of nitriles is 1. The van der Waals surface area contributed by atoms with E-state index in [1.54, 1.807) is 57.9 Å². The van der Waals surface area contributed by atoms with Gasteiger partial charge in [0.2, 0.25) is 0 Å². The summed E-state index contributed by atoms with van der Waals surface area (Å²) < 4.78 is 18.5. The Morgan fingerprint density at radius 2 is 1.85 bits per heavy atom. The lowest BCUT2D eigenvalue weighted by atomic mass is 9.87. The van der Waals surface area contributed by atoms with E-state index in [-0.39, 0.29) is 36.3 Å². The molecule has 2 aromatic carbocycles. The molecule has 0 radical (unpaired) electrons. The number of fused-ring (bicyclic) bond motifs is 3. The molecule has 7 rings (SSSR count). The van der Waals surface area contributed by atoms with Gasteiger partial charge in [-0.25, -0.2) is 9.78 Å². The predicted molar refractivity (Wildman–Crippen MR) is 174 cm³/mol. The number of carbonyl (C=O) groups excluding carboxylic acids is 2. The van der Waals surface area contributed by atoms with E-state index in [4.69, 9.17) is 19.2 Å². The number of hydrogen-bond donors (Lipinski definition) is 0. The van der Waals surface area contributed by atoms with E-state index in [1.165, 1.54) is 0 Å². The van der Waals surface area contributed by atoms with Gasteiger partial charge in [0, 0.05) is 31.6 Å². The molecule has 1 saturated carbocycles. The fraction of sp³-hybridized carbons (Fsp3) is 0.343. The molecule has 12 nitrogen and oxygen atoms in total. The fourth-order valence-corrected chi connectivity index (χ4v) is 6.81. The van der Waals surface area contributed by atoms with Crippen LogP contribution in [-0.2, 0) is 22.6 Å². The first-order valence-corrected chi connectivity index (χ1v) is 15.6. The second-order valence-electron chi connectivity index (χ2n) is 12.1. The number of carbonyl (C=O) groups is 2. The quantitative estimate of drug-likeness (QED) is 0.281. The molecule has 0 N–H and O–H groups in total. The molecular weight excluding hydrogens is 600 g/mol. The van der Waals surface area contributed by atoms with Crippen molar-refractivity contribution in [3.63, 3.8) is 0 Å². The van der Waals surface area contributed by atoms with Gasteiger partial charge in [0.15, 0.2) is 18.2 Å². The monoisotopic (exact) mass is 634 g/mol. The molecule has 0 bridgehead atoms. The molecule has 3 aliphatic rings. The van der Waals surface area contributed by atoms with Crippen LogP contribution in [0, 0.1) is 11.3 Å². The zero-order chi connectivity index (χ0) is 32.7. The summed E-state index contributed by atoms with van der Waals surface area (Å²) in [4.78, 5) is 49.2. The Bertz CT molecular complexity index is 1950. The van der Waals surface area contributed by atoms with Crippen molar-refractivity contribution < 1.29 is 23.8 Å². The maximum absolute atomic E-state index is 13.3. The second kappa shape index (κ2) is 12.4. The minimum absolute atomic E-state index is 0.0917. The minimum atomic E-state index is -0.462. The van der Waals surface area contributed by atoms with Crippen LogP contribution in [0.3, 0.4) is 0 Å². The first-order valence-electron chi connectivity index (χ1n) is 15.6. The molecule has 0 unspecified atom stereocenters. The summed E-state index contributed by atoms with van der Waals surface area (Å²) in [5, 5.41) is 10.3. The Morgan fingerprint density at radius 1 is 1.04 bits per heavy atom. The largest absolute Gasteiger partial charge is 0.497 e. The highest BCUT2D eigenvalue weighted by Crippen LogP contribution is 2.39. The number of likely N-dealkylation sites (N-methyl/N-ethyl adjacent to an activating group) is 1. The van der Waals surface area contributed by atoms with E-state index >= 15 is 0 Å². The third-order valence-corrected chi connectivity index (χ3v) is 9.41. The van der Waals surface area contributed by atoms with Crippen molar-refractivity contribution in [1.29, 1.82) is 5.26 Å². The van der Waals surface area contributed by atoms with E-state index < -0.39 is 6.09 Å². The number of hydrogen-bond acceptors (Lipinski definition) is 9. The number of aromatic nitrogens is 2. The Balaban J connectivity index is 1.05. The molecule has 4 aromatic rings. The summed E-state index contributed by atoms with van der Waals surface area (Å²) in [7, 11) is 3.63. The van der Waals surface area contributed by atoms with Crippen LogP contribution in [0.15, 0.2) is 71.5 Å². The first kappa shape index (κ1) is 30.3. The minimum Gasteiger partial charge on any atom is -0.497 e. The summed E-state index contributed by atoms with van der Waals surface area (Å²) in [6.07, 6.45) is 1.38. The molecule has 2 aromatic heterocycles. The van der Waals surface area contributed by atoms with E-state index in [2.05, 4.69) is 11.0 Å². The number of pyridine rings is 2. The molecule has 2 amide bonds. The Morgan fingerprint density at radius 3 is 2.64 bits per heavy atom. The molecule has 240 valence electrons. The Kier molecular flexibility index (Phi) is 7.99. The average molecular weight is 635 g/mol. The van der Waals surface area contributed by atoms with E-state index in [0.29, 0.717) is 55.4 Å². The van der Waals surface area contributed by atoms with E-state index in [0.717, 1.165) is 28.6 Å². The lowest BCUT2D eigenvalue weighted by molar-refractivity contribution is -0.121. The highest BCUT2D eigenvalue weighted by atomic mass is 16.6. The maximum Gasteiger partial charge on any atom is 0.416 e. The van der Waals surface area contributed by atoms with Gasteiger partial charge in [-0.3, -0.25) is 19.4 Å². The van der Waals surface area contributed by atoms with Crippen molar-refractivity contribution in [2.24, 2.45) is 0 Å². The molecule has 1 aliphatic carbocycles. The van der Waals surface area contributed by atoms with Gasteiger partial charge in [0.1, 0.15) is 17.7 Å². The first-order chi connectivity index (χ1) is 22.8. The standard InChI is InChI=1S/C35H34N6O6/c1-38(15-16-39-28-17-23(19-36)3-6-24(28)7-14-32(39)42)25-8-11-27-30(18-25)47-35(44)41(27)31-13-12-29-34(37-31)40(33(43)21-46-29)20-22-4-9-26(45-2)10-5-22/h3-7,9-10,12-14,17,25,27,30H,8,11,15-16,18,20-21H2,1-2H3/t25-,27-,30+/m0/s1. The molecule has 3 atom stereocenters. The zero-order valence-corrected chi connectivity index (χ0v) is 26.2. The lowest BCUT2D eigenvalue weighted by Gasteiger charge is -2.37. The van der Waals surface area contributed by atoms with Crippen molar-refractivity contribution in [3.8, 4) is 17.6 Å². The van der Waals surface area contributed by atoms with Crippen molar-refractivity contribution >= 4 is 34.5 Å². The summed E-state index contributed by atoms with van der Waals surface area (Å²) in [5.74, 6) is 1.76. The molecule has 2 aliphatic heterocycles. The Hall–Kier alpha value is -5.41. The van der Waals surface area contributed by atoms with Gasteiger partial charge in [-0.1, -0.05) is 18.2 Å². The van der Waals surface area contributed by atoms with Gasteiger partial charge in [0.25, 0.3) is 11.5 Å². The van der Waals surface area contributed by atoms with Crippen LogP contribution in [0.4, 0.5) is 16.4 Å². The molecule has 12 heteroatoms. The van der Waals surface area contributed by atoms with Crippen LogP contribution in [0.5, 0.6) is 11.5 Å². The average Bonchev–Trinajstić information content (AvgIpc) is 3.43. The maximum atomic E-state index is 13.3. The van der Waals surface area contributed by atoms with E-state index in [9.17, 15) is 19.6 Å². The molecule has 47 heavy (non-hydrogen) atoms. The number of benzene rings is 2. The second-order valence-corrected chi connectivity index (χ2v) is 12.1. The molecular formula is C35H34N6O6. The van der Waals surface area contributed by atoms with Gasteiger partial charge in [0.05, 0.1) is 36.8 Å². The van der Waals surface area contributed by atoms with Crippen molar-refractivity contribution in [1.82, 2.24) is 14.5 Å². The van der Waals surface area contributed by atoms with Gasteiger partial charge in [-0.2, -0.15) is 5.26 Å². The van der Waals surface area contributed by atoms with Crippen LogP contribution in [0.25, 0.3) is 10.9 Å². The number of rotatable bonds is 8. The highest BCUT2D eigenvalue weighted by Gasteiger charge is 2.47. The fourth-order valence-electron chi connectivity index (χ4n) is 6.81. The van der Waals surface area contributed by atoms with Gasteiger partial charge >= 0.3 is 6.09 Å². The molecule has 4 heterocycles. The smallest absolute Gasteiger partial charge is 0.416 e. The normalized spacial score (nSPS) is 20.4. The van der Waals surface area contributed by atoms with Crippen LogP contribution in [0.2, 0.25) is 0 Å². The molecule has 0 spiro atoms. The van der Waals surface area contributed by atoms with Gasteiger partial charge in [-0.05, 0) is 73.3 Å². The van der Waals surface area contributed by atoms with Crippen LogP contribution < -0.4 is 24.8 Å². The lowest BCUT2D eigenvalue weighted by Crippen LogP contribution is -2.47. The number of nitrogens with zero attached hydrogens (tertiary/aromatic N) is 6. The predicted octanol–water partition coefficient (Wildman–Crippen LogP) is 4.08. The number of amides is 2. The third kappa shape index (κ3) is 5.74. The SMILES string of the molecule is COc1ccc(CN2C(=O)COc3ccc(N4C(=O)O[C@@H]5C[C@@H](N(C)CCn6c(=O)ccc7ccc(C#N)cc76)CC[C@@H]54)nc32)cc1.